The summed E-state index contributed by atoms with van der Waals surface area (Å²) >= 11 is 0. The van der Waals surface area contributed by atoms with E-state index in [2.05, 4.69) is 15.1 Å². The normalized spacial score (nSPS) is 19.8. The van der Waals surface area contributed by atoms with Crippen LogP contribution in [0, 0.1) is 10.1 Å². The van der Waals surface area contributed by atoms with E-state index in [-0.39, 0.29) is 41.8 Å². The number of unbranched alkanes of at least 4 members (excludes halogenated alkanes) is 3. The highest BCUT2D eigenvalue weighted by Crippen LogP contribution is 2.38. The van der Waals surface area contributed by atoms with Gasteiger partial charge in [-0.15, -0.1) is 0 Å². The lowest BCUT2D eigenvalue weighted by molar-refractivity contribution is -0.384. The average molecular weight is 675 g/mol. The maximum absolute atomic E-state index is 12.3. The fourth-order valence-corrected chi connectivity index (χ4v) is 6.29. The van der Waals surface area contributed by atoms with Crippen LogP contribution < -0.4 is 10.2 Å². The monoisotopic (exact) mass is 674 g/mol. The summed E-state index contributed by atoms with van der Waals surface area (Å²) in [6.45, 7) is 4.42. The second kappa shape index (κ2) is 17.9. The van der Waals surface area contributed by atoms with E-state index in [1.54, 1.807) is 12.1 Å². The first-order chi connectivity index (χ1) is 23.8. The van der Waals surface area contributed by atoms with E-state index in [9.17, 15) is 24.8 Å². The van der Waals surface area contributed by atoms with Gasteiger partial charge >= 0.3 is 5.97 Å². The van der Waals surface area contributed by atoms with E-state index < -0.39 is 12.3 Å². The number of anilines is 1. The number of non-ortho nitro benzene ring substituents is 1. The number of carboxylic acid groups (broad SMARTS) is 1. The molecular weight excluding hydrogens is 628 g/mol. The fraction of sp³-hybridized carbons (Fsp3) is 0.459. The van der Waals surface area contributed by atoms with Crippen molar-refractivity contribution in [3.05, 3.63) is 105 Å². The van der Waals surface area contributed by atoms with Crippen molar-refractivity contribution in [3.63, 3.8) is 0 Å². The van der Waals surface area contributed by atoms with Crippen molar-refractivity contribution in [2.75, 3.05) is 37.6 Å². The van der Waals surface area contributed by atoms with Crippen LogP contribution in [0.2, 0.25) is 0 Å². The summed E-state index contributed by atoms with van der Waals surface area (Å²) < 4.78 is 13.1. The number of hydrogen-bond donors (Lipinski definition) is 3. The third kappa shape index (κ3) is 10.8. The molecule has 2 aliphatic rings. The van der Waals surface area contributed by atoms with Gasteiger partial charge in [0.15, 0.2) is 6.29 Å². The molecule has 0 radical (unpaired) electrons. The Kier molecular flexibility index (Phi) is 13.1. The van der Waals surface area contributed by atoms with Crippen molar-refractivity contribution in [1.82, 2.24) is 10.2 Å². The predicted molar refractivity (Wildman–Crippen MR) is 184 cm³/mol. The molecule has 5 rings (SSSR count). The zero-order chi connectivity index (χ0) is 34.6. The third-order valence-electron chi connectivity index (χ3n) is 9.16. The van der Waals surface area contributed by atoms with Gasteiger partial charge in [0.2, 0.25) is 5.91 Å². The van der Waals surface area contributed by atoms with Crippen LogP contribution in [-0.4, -0.2) is 70.7 Å². The number of hydrogen-bond acceptors (Lipinski definition) is 9. The molecule has 2 heterocycles. The summed E-state index contributed by atoms with van der Waals surface area (Å²) in [6, 6.07) is 22.4. The number of amides is 1. The second-order valence-corrected chi connectivity index (χ2v) is 12.7. The summed E-state index contributed by atoms with van der Waals surface area (Å²) in [5.74, 6) is -0.806. The molecule has 0 aromatic heterocycles. The Morgan fingerprint density at radius 3 is 2.08 bits per heavy atom. The van der Waals surface area contributed by atoms with Crippen LogP contribution in [0.25, 0.3) is 0 Å². The summed E-state index contributed by atoms with van der Waals surface area (Å²) in [6.07, 6.45) is 3.43. The van der Waals surface area contributed by atoms with Crippen molar-refractivity contribution in [3.8, 4) is 0 Å². The first kappa shape index (κ1) is 35.9. The molecule has 0 saturated carbocycles. The van der Waals surface area contributed by atoms with Gasteiger partial charge in [-0.25, -0.2) is 0 Å². The maximum Gasteiger partial charge on any atom is 0.303 e. The second-order valence-electron chi connectivity index (χ2n) is 12.7. The number of carbonyl (C=O) groups is 2. The number of carbonyl (C=O) groups excluding carboxylic acids is 1. The Balaban J connectivity index is 1.16. The van der Waals surface area contributed by atoms with Gasteiger partial charge < -0.3 is 29.9 Å². The predicted octanol–water partition coefficient (Wildman–Crippen LogP) is 5.50. The molecule has 3 N–H and O–H groups in total. The summed E-state index contributed by atoms with van der Waals surface area (Å²) in [7, 11) is 0. The van der Waals surface area contributed by atoms with Crippen molar-refractivity contribution < 1.29 is 34.2 Å². The van der Waals surface area contributed by atoms with E-state index in [4.69, 9.17) is 14.6 Å². The molecule has 49 heavy (non-hydrogen) atoms. The van der Waals surface area contributed by atoms with E-state index in [1.807, 2.05) is 60.7 Å². The number of piperazine rings is 1. The van der Waals surface area contributed by atoms with Gasteiger partial charge in [0, 0.05) is 81.9 Å². The summed E-state index contributed by atoms with van der Waals surface area (Å²) in [5.41, 5.74) is 4.79. The summed E-state index contributed by atoms with van der Waals surface area (Å²) in [4.78, 5) is 38.2. The van der Waals surface area contributed by atoms with Gasteiger partial charge in [0.1, 0.15) is 0 Å². The number of aliphatic hydroxyl groups excluding tert-OH is 1. The minimum atomic E-state index is -0.785. The number of nitrogens with zero attached hydrogens (tertiary/aromatic N) is 3. The molecule has 12 heteroatoms. The highest BCUT2D eigenvalue weighted by Gasteiger charge is 2.34. The maximum atomic E-state index is 12.3. The van der Waals surface area contributed by atoms with Crippen molar-refractivity contribution in [2.24, 2.45) is 0 Å². The number of nitro benzene ring substituents is 1. The Labute approximate surface area is 286 Å². The lowest BCUT2D eigenvalue weighted by Gasteiger charge is -2.41. The first-order valence-electron chi connectivity index (χ1n) is 17.1. The molecule has 0 spiro atoms. The van der Waals surface area contributed by atoms with Crippen molar-refractivity contribution in [2.45, 2.75) is 76.6 Å². The summed E-state index contributed by atoms with van der Waals surface area (Å²) in [5, 5.41) is 32.3. The smallest absolute Gasteiger partial charge is 0.303 e. The van der Waals surface area contributed by atoms with Gasteiger partial charge in [-0.3, -0.25) is 24.6 Å². The number of rotatable bonds is 16. The average Bonchev–Trinajstić information content (AvgIpc) is 3.12. The van der Waals surface area contributed by atoms with Crippen LogP contribution in [0.3, 0.4) is 0 Å². The first-order valence-corrected chi connectivity index (χ1v) is 17.1. The van der Waals surface area contributed by atoms with Crippen LogP contribution in [0.4, 0.5) is 11.4 Å². The minimum absolute atomic E-state index is 0.0204. The van der Waals surface area contributed by atoms with E-state index in [1.165, 1.54) is 0 Å². The Bertz CT molecular complexity index is 1510. The number of benzene rings is 3. The number of carboxylic acids is 1. The minimum Gasteiger partial charge on any atom is -0.481 e. The zero-order valence-corrected chi connectivity index (χ0v) is 27.7. The number of nitrogens with one attached hydrogen (secondary N) is 1. The zero-order valence-electron chi connectivity index (χ0n) is 27.7. The van der Waals surface area contributed by atoms with E-state index in [0.29, 0.717) is 25.8 Å². The number of aliphatic carboxylic acids is 1. The Morgan fingerprint density at radius 2 is 1.45 bits per heavy atom. The van der Waals surface area contributed by atoms with E-state index >= 15 is 0 Å². The topological polar surface area (TPSA) is 155 Å². The van der Waals surface area contributed by atoms with Gasteiger partial charge in [0.05, 0.1) is 23.7 Å². The lowest BCUT2D eigenvalue weighted by Crippen LogP contribution is -2.49. The molecule has 3 aromatic rings. The Morgan fingerprint density at radius 1 is 0.816 bits per heavy atom. The molecule has 1 amide bonds. The number of ether oxygens (including phenoxy) is 2. The molecule has 2 aliphatic heterocycles. The highest BCUT2D eigenvalue weighted by molar-refractivity contribution is 5.75. The molecule has 3 atom stereocenters. The van der Waals surface area contributed by atoms with Crippen LogP contribution in [-0.2, 0) is 32.2 Å². The molecule has 2 saturated heterocycles. The molecule has 3 unspecified atom stereocenters. The number of nitro groups is 1. The van der Waals surface area contributed by atoms with Crippen molar-refractivity contribution >= 4 is 23.3 Å². The molecule has 0 bridgehead atoms. The number of aliphatic hydroxyl groups is 1. The van der Waals surface area contributed by atoms with Crippen LogP contribution in [0.15, 0.2) is 72.8 Å². The quantitative estimate of drug-likeness (QED) is 0.101. The van der Waals surface area contributed by atoms with Gasteiger partial charge in [-0.1, -0.05) is 61.4 Å². The van der Waals surface area contributed by atoms with Gasteiger partial charge in [-0.2, -0.15) is 0 Å². The van der Waals surface area contributed by atoms with Gasteiger partial charge in [0.25, 0.3) is 5.69 Å². The van der Waals surface area contributed by atoms with Crippen LogP contribution >= 0.6 is 0 Å². The molecule has 12 nitrogen and oxygen atoms in total. The molecule has 3 aromatic carbocycles. The van der Waals surface area contributed by atoms with E-state index in [0.717, 1.165) is 79.9 Å². The largest absolute Gasteiger partial charge is 0.481 e. The van der Waals surface area contributed by atoms with Crippen LogP contribution in [0.5, 0.6) is 0 Å². The molecule has 262 valence electrons. The van der Waals surface area contributed by atoms with Gasteiger partial charge in [-0.05, 0) is 41.7 Å². The lowest BCUT2D eigenvalue weighted by atomic mass is 9.99. The Hall–Kier alpha value is -4.36. The molecule has 2 fully saturated rings. The molecular formula is C37H46N4O8. The van der Waals surface area contributed by atoms with Crippen LogP contribution in [0.1, 0.15) is 79.6 Å². The van der Waals surface area contributed by atoms with Crippen molar-refractivity contribution in [1.29, 1.82) is 0 Å². The molecule has 0 aliphatic carbocycles. The highest BCUT2D eigenvalue weighted by atomic mass is 16.7. The third-order valence-corrected chi connectivity index (χ3v) is 9.16. The SMILES string of the molecule is O=C(O)CCCCCCC(=O)NCc1ccc(C2OC(CN3CCN(c4ccc([N+](=O)[O-])cc4)CC3)CC(c3ccc(CO)cc3)O2)cc1. The fourth-order valence-electron chi connectivity index (χ4n) is 6.29. The standard InChI is InChI=1S/C37H46N4O8/c42-26-28-9-11-29(12-10-28)34-23-33(25-39-19-21-40(22-20-39)31-15-17-32(18-16-31)41(46)47)48-37(49-34)30-13-7-27(8-14-30)24-38-35(43)5-3-1-2-4-6-36(44)45/h7-18,33-34,37,42H,1-6,19-26H2,(H,38,43)(H,44,45).